The first-order chi connectivity index (χ1) is 12.2. The van der Waals surface area contributed by atoms with Gasteiger partial charge in [0.05, 0.1) is 12.6 Å². The molecule has 2 aromatic carbocycles. The van der Waals surface area contributed by atoms with Crippen LogP contribution in [0.5, 0.6) is 0 Å². The SMILES string of the molecule is CCc1ccc(CC(=O)N/N=C\c2cn(CC)c3ccccc23)cc1. The van der Waals surface area contributed by atoms with Gasteiger partial charge in [0.1, 0.15) is 0 Å². The largest absolute Gasteiger partial charge is 0.347 e. The maximum atomic E-state index is 12.1. The number of hydrogen-bond acceptors (Lipinski definition) is 2. The van der Waals surface area contributed by atoms with E-state index < -0.39 is 0 Å². The molecule has 0 radical (unpaired) electrons. The normalized spacial score (nSPS) is 11.3. The zero-order valence-electron chi connectivity index (χ0n) is 14.7. The molecule has 0 spiro atoms. The third-order valence-corrected chi connectivity index (χ3v) is 4.35. The summed E-state index contributed by atoms with van der Waals surface area (Å²) in [6, 6.07) is 16.3. The highest BCUT2D eigenvalue weighted by Gasteiger charge is 2.06. The Balaban J connectivity index is 1.65. The van der Waals surface area contributed by atoms with Crippen LogP contribution in [-0.4, -0.2) is 16.7 Å². The number of benzene rings is 2. The van der Waals surface area contributed by atoms with Gasteiger partial charge in [-0.3, -0.25) is 4.79 Å². The standard InChI is InChI=1S/C21H23N3O/c1-3-16-9-11-17(12-10-16)13-21(25)23-22-14-18-15-24(4-2)20-8-6-5-7-19(18)20/h5-12,14-15H,3-4,13H2,1-2H3,(H,23,25)/b22-14-. The second-order valence-corrected chi connectivity index (χ2v) is 6.03. The molecule has 4 nitrogen and oxygen atoms in total. The lowest BCUT2D eigenvalue weighted by Gasteiger charge is -2.02. The van der Waals surface area contributed by atoms with Crippen LogP contribution in [0, 0.1) is 0 Å². The molecule has 128 valence electrons. The lowest BCUT2D eigenvalue weighted by molar-refractivity contribution is -0.120. The fourth-order valence-electron chi connectivity index (χ4n) is 2.93. The van der Waals surface area contributed by atoms with Crippen LogP contribution in [0.4, 0.5) is 0 Å². The lowest BCUT2D eigenvalue weighted by Crippen LogP contribution is -2.19. The summed E-state index contributed by atoms with van der Waals surface area (Å²) < 4.78 is 2.17. The van der Waals surface area contributed by atoms with E-state index in [1.165, 1.54) is 11.1 Å². The fourth-order valence-corrected chi connectivity index (χ4v) is 2.93. The lowest BCUT2D eigenvalue weighted by atomic mass is 10.1. The number of carbonyl (C=O) groups excluding carboxylic acids is 1. The van der Waals surface area contributed by atoms with E-state index in [0.717, 1.165) is 29.5 Å². The molecule has 1 aromatic heterocycles. The second kappa shape index (κ2) is 7.79. The van der Waals surface area contributed by atoms with Crippen molar-refractivity contribution in [3.05, 3.63) is 71.4 Å². The molecule has 0 bridgehead atoms. The van der Waals surface area contributed by atoms with E-state index in [1.54, 1.807) is 6.21 Å². The van der Waals surface area contributed by atoms with Gasteiger partial charge in [0, 0.05) is 29.2 Å². The summed E-state index contributed by atoms with van der Waals surface area (Å²) in [5.41, 5.74) is 7.07. The van der Waals surface area contributed by atoms with Crippen LogP contribution in [0.15, 0.2) is 59.8 Å². The molecule has 0 unspecified atom stereocenters. The summed E-state index contributed by atoms with van der Waals surface area (Å²) >= 11 is 0. The van der Waals surface area contributed by atoms with Crippen molar-refractivity contribution in [1.29, 1.82) is 0 Å². The first kappa shape index (κ1) is 17.0. The van der Waals surface area contributed by atoms with Crippen molar-refractivity contribution in [2.75, 3.05) is 0 Å². The van der Waals surface area contributed by atoms with Crippen LogP contribution in [0.25, 0.3) is 10.9 Å². The molecule has 1 amide bonds. The van der Waals surface area contributed by atoms with Crippen molar-refractivity contribution < 1.29 is 4.79 Å². The van der Waals surface area contributed by atoms with E-state index in [4.69, 9.17) is 0 Å². The Bertz CT molecular complexity index is 891. The fraction of sp³-hybridized carbons (Fsp3) is 0.238. The Morgan fingerprint density at radius 2 is 1.80 bits per heavy atom. The number of aryl methyl sites for hydroxylation is 2. The Morgan fingerprint density at radius 3 is 2.52 bits per heavy atom. The minimum absolute atomic E-state index is 0.111. The topological polar surface area (TPSA) is 46.4 Å². The molecule has 0 fully saturated rings. The second-order valence-electron chi connectivity index (χ2n) is 6.03. The van der Waals surface area contributed by atoms with E-state index in [0.29, 0.717) is 6.42 Å². The zero-order chi connectivity index (χ0) is 17.6. The van der Waals surface area contributed by atoms with Gasteiger partial charge in [0.2, 0.25) is 5.91 Å². The number of carbonyl (C=O) groups is 1. The first-order valence-corrected chi connectivity index (χ1v) is 8.68. The van der Waals surface area contributed by atoms with Crippen molar-refractivity contribution in [3.63, 3.8) is 0 Å². The van der Waals surface area contributed by atoms with Gasteiger partial charge in [0.15, 0.2) is 0 Å². The van der Waals surface area contributed by atoms with E-state index in [1.807, 2.05) is 24.3 Å². The summed E-state index contributed by atoms with van der Waals surface area (Å²) in [6.07, 6.45) is 5.11. The summed E-state index contributed by atoms with van der Waals surface area (Å²) in [6.45, 7) is 5.12. The minimum Gasteiger partial charge on any atom is -0.347 e. The smallest absolute Gasteiger partial charge is 0.244 e. The molecule has 1 N–H and O–H groups in total. The van der Waals surface area contributed by atoms with Crippen molar-refractivity contribution in [2.45, 2.75) is 33.2 Å². The van der Waals surface area contributed by atoms with E-state index in [-0.39, 0.29) is 5.91 Å². The highest BCUT2D eigenvalue weighted by molar-refractivity contribution is 5.99. The molecule has 0 saturated heterocycles. The van der Waals surface area contributed by atoms with Crippen molar-refractivity contribution in [1.82, 2.24) is 9.99 Å². The van der Waals surface area contributed by atoms with Crippen LogP contribution < -0.4 is 5.43 Å². The molecule has 1 heterocycles. The number of para-hydroxylation sites is 1. The molecular weight excluding hydrogens is 310 g/mol. The Morgan fingerprint density at radius 1 is 1.08 bits per heavy atom. The van der Waals surface area contributed by atoms with Crippen molar-refractivity contribution in [3.8, 4) is 0 Å². The summed E-state index contributed by atoms with van der Waals surface area (Å²) in [7, 11) is 0. The van der Waals surface area contributed by atoms with Gasteiger partial charge in [-0.25, -0.2) is 5.43 Å². The van der Waals surface area contributed by atoms with Crippen LogP contribution >= 0.6 is 0 Å². The molecule has 0 saturated carbocycles. The van der Waals surface area contributed by atoms with Crippen LogP contribution in [0.1, 0.15) is 30.5 Å². The number of hydrazone groups is 1. The molecule has 3 aromatic rings. The number of nitrogens with zero attached hydrogens (tertiary/aromatic N) is 2. The molecule has 0 aliphatic heterocycles. The number of rotatable bonds is 6. The van der Waals surface area contributed by atoms with Gasteiger partial charge < -0.3 is 4.57 Å². The highest BCUT2D eigenvalue weighted by atomic mass is 16.2. The average molecular weight is 333 g/mol. The monoisotopic (exact) mass is 333 g/mol. The number of hydrogen-bond donors (Lipinski definition) is 1. The van der Waals surface area contributed by atoms with Crippen LogP contribution in [-0.2, 0) is 24.2 Å². The molecule has 25 heavy (non-hydrogen) atoms. The number of amides is 1. The van der Waals surface area contributed by atoms with Gasteiger partial charge in [-0.05, 0) is 30.5 Å². The molecular formula is C21H23N3O. The maximum Gasteiger partial charge on any atom is 0.244 e. The third kappa shape index (κ3) is 3.97. The number of aromatic nitrogens is 1. The Kier molecular flexibility index (Phi) is 5.29. The average Bonchev–Trinajstić information content (AvgIpc) is 3.00. The van der Waals surface area contributed by atoms with E-state index in [9.17, 15) is 4.79 Å². The highest BCUT2D eigenvalue weighted by Crippen LogP contribution is 2.19. The quantitative estimate of drug-likeness (QED) is 0.539. The molecule has 0 atom stereocenters. The molecule has 0 aliphatic rings. The van der Waals surface area contributed by atoms with Crippen molar-refractivity contribution >= 4 is 23.0 Å². The molecule has 0 aliphatic carbocycles. The number of nitrogens with one attached hydrogen (secondary N) is 1. The van der Waals surface area contributed by atoms with Gasteiger partial charge in [-0.15, -0.1) is 0 Å². The third-order valence-electron chi connectivity index (χ3n) is 4.35. The van der Waals surface area contributed by atoms with Gasteiger partial charge in [-0.1, -0.05) is 49.4 Å². The predicted molar refractivity (Wildman–Crippen MR) is 103 cm³/mol. The molecule has 3 rings (SSSR count). The molecule has 4 heteroatoms. The summed E-state index contributed by atoms with van der Waals surface area (Å²) in [5, 5.41) is 5.27. The Hall–Kier alpha value is -2.88. The minimum atomic E-state index is -0.111. The zero-order valence-corrected chi connectivity index (χ0v) is 14.7. The van der Waals surface area contributed by atoms with Gasteiger partial charge in [0.25, 0.3) is 0 Å². The Labute approximate surface area is 148 Å². The summed E-state index contributed by atoms with van der Waals surface area (Å²) in [5.74, 6) is -0.111. The van der Waals surface area contributed by atoms with Crippen LogP contribution in [0.2, 0.25) is 0 Å². The van der Waals surface area contributed by atoms with Crippen LogP contribution in [0.3, 0.4) is 0 Å². The van der Waals surface area contributed by atoms with E-state index >= 15 is 0 Å². The number of fused-ring (bicyclic) bond motifs is 1. The summed E-state index contributed by atoms with van der Waals surface area (Å²) in [4.78, 5) is 12.1. The predicted octanol–water partition coefficient (Wildman–Crippen LogP) is 3.92. The maximum absolute atomic E-state index is 12.1. The van der Waals surface area contributed by atoms with Gasteiger partial charge >= 0.3 is 0 Å². The first-order valence-electron chi connectivity index (χ1n) is 8.68. The van der Waals surface area contributed by atoms with E-state index in [2.05, 4.69) is 59.4 Å². The van der Waals surface area contributed by atoms with Gasteiger partial charge in [-0.2, -0.15) is 5.10 Å². The van der Waals surface area contributed by atoms with Crippen molar-refractivity contribution in [2.24, 2.45) is 5.10 Å².